The molecular formula is C12H21NO3S. The van der Waals surface area contributed by atoms with Crippen LogP contribution in [0.25, 0.3) is 0 Å². The van der Waals surface area contributed by atoms with E-state index >= 15 is 0 Å². The van der Waals surface area contributed by atoms with Crippen LogP contribution in [0.4, 0.5) is 0 Å². The highest BCUT2D eigenvalue weighted by Gasteiger charge is 2.07. The highest BCUT2D eigenvalue weighted by Crippen LogP contribution is 2.32. The molecule has 4 nitrogen and oxygen atoms in total. The van der Waals surface area contributed by atoms with E-state index in [1.54, 1.807) is 0 Å². The van der Waals surface area contributed by atoms with Gasteiger partial charge in [-0.25, -0.2) is 4.57 Å². The van der Waals surface area contributed by atoms with Crippen LogP contribution in [-0.2, 0) is 6.54 Å². The molecule has 0 aromatic carbocycles. The number of aromatic nitrogens is 1. The Balaban J connectivity index is 2.46. The molecule has 0 aliphatic rings. The van der Waals surface area contributed by atoms with Gasteiger partial charge in [0.05, 0.1) is 0 Å². The van der Waals surface area contributed by atoms with Crippen molar-refractivity contribution in [3.05, 3.63) is 30.1 Å². The molecule has 1 atom stereocenters. The average molecular weight is 259 g/mol. The molecule has 1 rings (SSSR count). The molecule has 5 heteroatoms. The zero-order valence-corrected chi connectivity index (χ0v) is 11.2. The van der Waals surface area contributed by atoms with Gasteiger partial charge in [-0.05, 0) is 17.9 Å². The SMILES string of the molecule is CCC(C)c1cc[n+](CCCS([O-])(O)O)cc1. The molecule has 0 amide bonds. The van der Waals surface area contributed by atoms with E-state index in [-0.39, 0.29) is 5.75 Å². The van der Waals surface area contributed by atoms with Crippen molar-refractivity contribution in [3.63, 3.8) is 0 Å². The number of rotatable bonds is 6. The van der Waals surface area contributed by atoms with Gasteiger partial charge in [0.15, 0.2) is 12.4 Å². The van der Waals surface area contributed by atoms with E-state index < -0.39 is 10.9 Å². The molecule has 1 aromatic rings. The van der Waals surface area contributed by atoms with Crippen molar-refractivity contribution in [2.24, 2.45) is 0 Å². The summed E-state index contributed by atoms with van der Waals surface area (Å²) in [6.07, 6.45) is 5.54. The monoisotopic (exact) mass is 259 g/mol. The van der Waals surface area contributed by atoms with Crippen molar-refractivity contribution in [1.29, 1.82) is 0 Å². The third-order valence-electron chi connectivity index (χ3n) is 2.92. The first-order chi connectivity index (χ1) is 7.92. The minimum atomic E-state index is -3.58. The van der Waals surface area contributed by atoms with Crippen molar-refractivity contribution in [3.8, 4) is 0 Å². The topological polar surface area (TPSA) is 67.4 Å². The predicted octanol–water partition coefficient (Wildman–Crippen LogP) is 2.76. The van der Waals surface area contributed by atoms with Crippen LogP contribution in [0, 0.1) is 0 Å². The fourth-order valence-electron chi connectivity index (χ4n) is 1.62. The maximum Gasteiger partial charge on any atom is 0.169 e. The number of pyridine rings is 1. The minimum Gasteiger partial charge on any atom is -0.773 e. The Bertz CT molecular complexity index is 335. The summed E-state index contributed by atoms with van der Waals surface area (Å²) < 4.78 is 30.1. The Morgan fingerprint density at radius 3 is 2.41 bits per heavy atom. The Morgan fingerprint density at radius 1 is 1.35 bits per heavy atom. The summed E-state index contributed by atoms with van der Waals surface area (Å²) in [5.74, 6) is 0.478. The van der Waals surface area contributed by atoms with Gasteiger partial charge in [0.1, 0.15) is 6.54 Å². The first-order valence-electron chi connectivity index (χ1n) is 5.88. The van der Waals surface area contributed by atoms with Gasteiger partial charge in [0.2, 0.25) is 0 Å². The molecule has 98 valence electrons. The van der Waals surface area contributed by atoms with Crippen LogP contribution in [0.3, 0.4) is 0 Å². The molecule has 0 spiro atoms. The number of hydrogen-bond donors (Lipinski definition) is 2. The van der Waals surface area contributed by atoms with E-state index in [0.29, 0.717) is 18.9 Å². The fourth-order valence-corrected chi connectivity index (χ4v) is 2.12. The van der Waals surface area contributed by atoms with Crippen molar-refractivity contribution in [2.75, 3.05) is 5.75 Å². The summed E-state index contributed by atoms with van der Waals surface area (Å²) >= 11 is 0. The predicted molar refractivity (Wildman–Crippen MR) is 68.5 cm³/mol. The second-order valence-corrected chi connectivity index (χ2v) is 5.96. The molecule has 1 unspecified atom stereocenters. The highest BCUT2D eigenvalue weighted by molar-refractivity contribution is 8.19. The van der Waals surface area contributed by atoms with E-state index in [9.17, 15) is 4.55 Å². The number of hydrogen-bond acceptors (Lipinski definition) is 3. The largest absolute Gasteiger partial charge is 0.773 e. The normalized spacial score (nSPS) is 14.6. The summed E-state index contributed by atoms with van der Waals surface area (Å²) in [6.45, 7) is 4.98. The molecule has 0 fully saturated rings. The summed E-state index contributed by atoms with van der Waals surface area (Å²) in [4.78, 5) is 0. The molecule has 1 aromatic heterocycles. The van der Waals surface area contributed by atoms with Crippen LogP contribution in [-0.4, -0.2) is 19.4 Å². The maximum atomic E-state index is 10.7. The molecule has 0 aliphatic heterocycles. The maximum absolute atomic E-state index is 10.7. The van der Waals surface area contributed by atoms with Crippen molar-refractivity contribution >= 4 is 10.9 Å². The summed E-state index contributed by atoms with van der Waals surface area (Å²) in [7, 11) is -3.58. The van der Waals surface area contributed by atoms with Gasteiger partial charge in [0, 0.05) is 24.3 Å². The lowest BCUT2D eigenvalue weighted by molar-refractivity contribution is -0.696. The first-order valence-corrected chi connectivity index (χ1v) is 7.52. The Labute approximate surface area is 104 Å². The van der Waals surface area contributed by atoms with E-state index in [1.807, 2.05) is 17.0 Å². The van der Waals surface area contributed by atoms with E-state index in [0.717, 1.165) is 6.42 Å². The zero-order valence-electron chi connectivity index (χ0n) is 10.4. The highest BCUT2D eigenvalue weighted by atomic mass is 32.3. The first kappa shape index (κ1) is 14.4. The Hall–Kier alpha value is -0.620. The third-order valence-corrected chi connectivity index (χ3v) is 3.75. The van der Waals surface area contributed by atoms with Crippen molar-refractivity contribution < 1.29 is 18.2 Å². The number of nitrogens with zero attached hydrogens (tertiary/aromatic N) is 1. The van der Waals surface area contributed by atoms with Crippen LogP contribution in [0.5, 0.6) is 0 Å². The smallest absolute Gasteiger partial charge is 0.169 e. The van der Waals surface area contributed by atoms with Gasteiger partial charge in [-0.2, -0.15) is 0 Å². The van der Waals surface area contributed by atoms with E-state index in [1.165, 1.54) is 5.56 Å². The van der Waals surface area contributed by atoms with Gasteiger partial charge in [-0.15, -0.1) is 10.9 Å². The number of aryl methyl sites for hydroxylation is 1. The lowest BCUT2D eigenvalue weighted by Crippen LogP contribution is -2.33. The Morgan fingerprint density at radius 2 is 1.94 bits per heavy atom. The van der Waals surface area contributed by atoms with Crippen molar-refractivity contribution in [1.82, 2.24) is 0 Å². The van der Waals surface area contributed by atoms with Gasteiger partial charge < -0.3 is 13.7 Å². The summed E-state index contributed by atoms with van der Waals surface area (Å²) in [6, 6.07) is 4.15. The second kappa shape index (κ2) is 6.35. The molecule has 0 aliphatic carbocycles. The molecule has 0 saturated carbocycles. The zero-order chi connectivity index (χ0) is 12.9. The summed E-state index contributed by atoms with van der Waals surface area (Å²) in [5.41, 5.74) is 1.30. The van der Waals surface area contributed by atoms with Gasteiger partial charge >= 0.3 is 0 Å². The van der Waals surface area contributed by atoms with Gasteiger partial charge in [-0.1, -0.05) is 13.8 Å². The molecule has 1 heterocycles. The molecule has 0 bridgehead atoms. The van der Waals surface area contributed by atoms with Gasteiger partial charge in [0.25, 0.3) is 0 Å². The second-order valence-electron chi connectivity index (χ2n) is 4.34. The molecular weight excluding hydrogens is 238 g/mol. The molecule has 2 N–H and O–H groups in total. The average Bonchev–Trinajstić information content (AvgIpc) is 2.27. The van der Waals surface area contributed by atoms with Crippen LogP contribution >= 0.6 is 10.9 Å². The third kappa shape index (κ3) is 5.50. The van der Waals surface area contributed by atoms with Crippen LogP contribution in [0.2, 0.25) is 0 Å². The minimum absolute atomic E-state index is 0.0763. The molecule has 0 radical (unpaired) electrons. The molecule has 0 saturated heterocycles. The summed E-state index contributed by atoms with van der Waals surface area (Å²) in [5, 5.41) is 0. The van der Waals surface area contributed by atoms with E-state index in [2.05, 4.69) is 26.0 Å². The van der Waals surface area contributed by atoms with Gasteiger partial charge in [-0.3, -0.25) is 0 Å². The fraction of sp³-hybridized carbons (Fsp3) is 0.583. The quantitative estimate of drug-likeness (QED) is 0.772. The van der Waals surface area contributed by atoms with Crippen LogP contribution in [0.15, 0.2) is 24.5 Å². The van der Waals surface area contributed by atoms with Crippen molar-refractivity contribution in [2.45, 2.75) is 39.2 Å². The lowest BCUT2D eigenvalue weighted by Gasteiger charge is -2.32. The lowest BCUT2D eigenvalue weighted by atomic mass is 10.0. The van der Waals surface area contributed by atoms with Crippen LogP contribution in [0.1, 0.15) is 38.2 Å². The Kier molecular flexibility index (Phi) is 5.39. The van der Waals surface area contributed by atoms with E-state index in [4.69, 9.17) is 9.11 Å². The van der Waals surface area contributed by atoms with Crippen LogP contribution < -0.4 is 4.57 Å². The molecule has 17 heavy (non-hydrogen) atoms. The standard InChI is InChI=1S/C12H21NO3S/c1-3-11(2)12-5-8-13(9-6-12)7-4-10-17(14,15)16/h5-6,8-9,11H,3-4,7,10H2,1-2H3,(H2-,14,15,16).